The van der Waals surface area contributed by atoms with Crippen molar-refractivity contribution in [3.8, 4) is 0 Å². The molecule has 2 aromatic carbocycles. The van der Waals surface area contributed by atoms with Crippen LogP contribution in [-0.4, -0.2) is 49.9 Å². The zero-order valence-electron chi connectivity index (χ0n) is 18.3. The number of hydrogen-bond acceptors (Lipinski definition) is 6. The first-order valence-electron chi connectivity index (χ1n) is 10.5. The van der Waals surface area contributed by atoms with Gasteiger partial charge in [0.2, 0.25) is 10.0 Å². The van der Waals surface area contributed by atoms with E-state index in [1.165, 1.54) is 16.6 Å². The van der Waals surface area contributed by atoms with E-state index in [1.54, 1.807) is 48.5 Å². The van der Waals surface area contributed by atoms with Crippen LogP contribution in [0.4, 0.5) is 11.4 Å². The largest absolute Gasteiger partial charge is 0.459 e. The maximum absolute atomic E-state index is 13.0. The topological polar surface area (TPSA) is 94.9 Å². The second kappa shape index (κ2) is 10.1. The van der Waals surface area contributed by atoms with Gasteiger partial charge in [-0.25, -0.2) is 8.42 Å². The number of carbonyl (C=O) groups is 1. The maximum atomic E-state index is 13.0. The van der Waals surface area contributed by atoms with Crippen molar-refractivity contribution in [2.24, 2.45) is 0 Å². The fourth-order valence-electron chi connectivity index (χ4n) is 3.68. The molecule has 4 rings (SSSR count). The van der Waals surface area contributed by atoms with Crippen molar-refractivity contribution in [2.45, 2.75) is 11.8 Å². The maximum Gasteiger partial charge on any atom is 0.293 e. The summed E-state index contributed by atoms with van der Waals surface area (Å²) in [5.41, 5.74) is 2.29. The minimum atomic E-state index is -3.58. The number of piperazine rings is 1. The summed E-state index contributed by atoms with van der Waals surface area (Å²) >= 11 is 11.8. The molecule has 3 aromatic rings. The lowest BCUT2D eigenvalue weighted by Crippen LogP contribution is -2.49. The SMILES string of the molecule is Cc1ccc(S(=O)(=O)N2CCN(c3c(Cl)cccc3NC(=S)NC(=O)c3ccco3)CC2)cc1. The molecular formula is C23H23ClN4O4S2. The zero-order valence-corrected chi connectivity index (χ0v) is 20.7. The van der Waals surface area contributed by atoms with Crippen LogP contribution in [0, 0.1) is 6.92 Å². The Labute approximate surface area is 208 Å². The molecule has 0 atom stereocenters. The number of aryl methyl sites for hydroxylation is 1. The Kier molecular flexibility index (Phi) is 7.22. The Balaban J connectivity index is 1.45. The van der Waals surface area contributed by atoms with Gasteiger partial charge in [-0.05, 0) is 55.5 Å². The molecule has 1 aliphatic heterocycles. The third-order valence-corrected chi connectivity index (χ3v) is 7.84. The number of anilines is 2. The van der Waals surface area contributed by atoms with E-state index in [-0.39, 0.29) is 15.8 Å². The van der Waals surface area contributed by atoms with Crippen LogP contribution >= 0.6 is 23.8 Å². The average molecular weight is 519 g/mol. The normalized spacial score (nSPS) is 14.6. The fraction of sp³-hybridized carbons (Fsp3) is 0.217. The van der Waals surface area contributed by atoms with Gasteiger partial charge in [-0.15, -0.1) is 0 Å². The van der Waals surface area contributed by atoms with Crippen LogP contribution in [0.25, 0.3) is 0 Å². The first-order chi connectivity index (χ1) is 16.3. The Morgan fingerprint density at radius 2 is 1.74 bits per heavy atom. The summed E-state index contributed by atoms with van der Waals surface area (Å²) in [5.74, 6) is -0.331. The van der Waals surface area contributed by atoms with Crippen molar-refractivity contribution < 1.29 is 17.6 Å². The first kappa shape index (κ1) is 24.2. The number of rotatable bonds is 5. The van der Waals surface area contributed by atoms with Gasteiger partial charge in [-0.2, -0.15) is 4.31 Å². The van der Waals surface area contributed by atoms with E-state index in [1.807, 2.05) is 11.8 Å². The molecule has 0 unspecified atom stereocenters. The van der Waals surface area contributed by atoms with Crippen LogP contribution in [0.2, 0.25) is 5.02 Å². The molecule has 1 aromatic heterocycles. The molecule has 0 spiro atoms. The van der Waals surface area contributed by atoms with E-state index < -0.39 is 15.9 Å². The minimum Gasteiger partial charge on any atom is -0.459 e. The molecule has 2 heterocycles. The number of sulfonamides is 1. The number of carbonyl (C=O) groups excluding carboxylic acids is 1. The Morgan fingerprint density at radius 3 is 2.38 bits per heavy atom. The van der Waals surface area contributed by atoms with Crippen molar-refractivity contribution in [2.75, 3.05) is 36.4 Å². The monoisotopic (exact) mass is 518 g/mol. The molecule has 1 fully saturated rings. The van der Waals surface area contributed by atoms with E-state index in [2.05, 4.69) is 10.6 Å². The number of thiocarbonyl (C=S) groups is 1. The van der Waals surface area contributed by atoms with E-state index in [0.29, 0.717) is 42.6 Å². The Bertz CT molecular complexity index is 1290. The number of amides is 1. The summed E-state index contributed by atoms with van der Waals surface area (Å²) in [6, 6.07) is 15.3. The standard InChI is InChI=1S/C23H23ClN4O4S2/c1-16-7-9-17(10-8-16)34(30,31)28-13-11-27(12-14-28)21-18(24)4-2-5-19(21)25-23(33)26-22(29)20-6-3-15-32-20/h2-10,15H,11-14H2,1H3,(H2,25,26,29,33). The highest BCUT2D eigenvalue weighted by Gasteiger charge is 2.30. The average Bonchev–Trinajstić information content (AvgIpc) is 3.35. The van der Waals surface area contributed by atoms with Crippen molar-refractivity contribution >= 4 is 56.2 Å². The molecule has 178 valence electrons. The molecule has 11 heteroatoms. The number of para-hydroxylation sites is 1. The second-order valence-corrected chi connectivity index (χ2v) is 10.5. The highest BCUT2D eigenvalue weighted by Crippen LogP contribution is 2.35. The third kappa shape index (κ3) is 5.25. The Hall–Kier alpha value is -2.92. The van der Waals surface area contributed by atoms with Crippen LogP contribution in [0.15, 0.2) is 70.2 Å². The quantitative estimate of drug-likeness (QED) is 0.495. The number of nitrogens with zero attached hydrogens (tertiary/aromatic N) is 2. The molecule has 0 radical (unpaired) electrons. The van der Waals surface area contributed by atoms with Crippen LogP contribution in [0.3, 0.4) is 0 Å². The van der Waals surface area contributed by atoms with Gasteiger partial charge in [0.15, 0.2) is 10.9 Å². The molecular weight excluding hydrogens is 496 g/mol. The van der Waals surface area contributed by atoms with Gasteiger partial charge >= 0.3 is 0 Å². The molecule has 34 heavy (non-hydrogen) atoms. The predicted molar refractivity (Wildman–Crippen MR) is 136 cm³/mol. The minimum absolute atomic E-state index is 0.0884. The van der Waals surface area contributed by atoms with Crippen LogP contribution in [0.5, 0.6) is 0 Å². The first-order valence-corrected chi connectivity index (χ1v) is 12.7. The van der Waals surface area contributed by atoms with E-state index in [9.17, 15) is 13.2 Å². The van der Waals surface area contributed by atoms with Crippen molar-refractivity contribution in [1.82, 2.24) is 9.62 Å². The number of benzene rings is 2. The summed E-state index contributed by atoms with van der Waals surface area (Å²) in [4.78, 5) is 14.5. The van der Waals surface area contributed by atoms with Crippen molar-refractivity contribution in [3.05, 3.63) is 77.2 Å². The van der Waals surface area contributed by atoms with Gasteiger partial charge in [0.1, 0.15) is 0 Å². The molecule has 8 nitrogen and oxygen atoms in total. The molecule has 0 aliphatic carbocycles. The number of hydrogen-bond donors (Lipinski definition) is 2. The summed E-state index contributed by atoms with van der Waals surface area (Å²) in [7, 11) is -3.58. The lowest BCUT2D eigenvalue weighted by Gasteiger charge is -2.36. The van der Waals surface area contributed by atoms with E-state index >= 15 is 0 Å². The number of halogens is 1. The van der Waals surface area contributed by atoms with Gasteiger partial charge in [0, 0.05) is 26.2 Å². The molecule has 0 bridgehead atoms. The smallest absolute Gasteiger partial charge is 0.293 e. The Morgan fingerprint density at radius 1 is 1.03 bits per heavy atom. The van der Waals surface area contributed by atoms with Gasteiger partial charge < -0.3 is 14.6 Å². The van der Waals surface area contributed by atoms with Gasteiger partial charge in [-0.1, -0.05) is 35.4 Å². The van der Waals surface area contributed by atoms with Gasteiger partial charge in [-0.3, -0.25) is 10.1 Å². The van der Waals surface area contributed by atoms with Gasteiger partial charge in [0.05, 0.1) is 27.6 Å². The van der Waals surface area contributed by atoms with E-state index in [4.69, 9.17) is 28.2 Å². The third-order valence-electron chi connectivity index (χ3n) is 5.42. The predicted octanol–water partition coefficient (Wildman–Crippen LogP) is 3.88. The summed E-state index contributed by atoms with van der Waals surface area (Å²) in [5, 5.41) is 6.16. The molecule has 1 amide bonds. The number of nitrogens with one attached hydrogen (secondary N) is 2. The summed E-state index contributed by atoms with van der Waals surface area (Å²) < 4.78 is 32.6. The van der Waals surface area contributed by atoms with Crippen molar-refractivity contribution in [1.29, 1.82) is 0 Å². The van der Waals surface area contributed by atoms with E-state index in [0.717, 1.165) is 5.56 Å². The lowest BCUT2D eigenvalue weighted by molar-refractivity contribution is 0.0950. The zero-order chi connectivity index (χ0) is 24.3. The highest BCUT2D eigenvalue weighted by atomic mass is 35.5. The molecule has 2 N–H and O–H groups in total. The fourth-order valence-corrected chi connectivity index (χ4v) is 5.59. The van der Waals surface area contributed by atoms with Crippen LogP contribution < -0.4 is 15.5 Å². The molecule has 1 saturated heterocycles. The number of furan rings is 1. The molecule has 1 aliphatic rings. The second-order valence-electron chi connectivity index (χ2n) is 7.73. The lowest BCUT2D eigenvalue weighted by atomic mass is 10.2. The van der Waals surface area contributed by atoms with Crippen LogP contribution in [0.1, 0.15) is 16.1 Å². The van der Waals surface area contributed by atoms with Crippen molar-refractivity contribution in [3.63, 3.8) is 0 Å². The summed E-state index contributed by atoms with van der Waals surface area (Å²) in [6.45, 7) is 3.41. The summed E-state index contributed by atoms with van der Waals surface area (Å²) in [6.07, 6.45) is 1.40. The van der Waals surface area contributed by atoms with Crippen LogP contribution in [-0.2, 0) is 10.0 Å². The van der Waals surface area contributed by atoms with Gasteiger partial charge in [0.25, 0.3) is 5.91 Å². The molecule has 0 saturated carbocycles. The highest BCUT2D eigenvalue weighted by molar-refractivity contribution is 7.89.